The molecule has 1 fully saturated rings. The van der Waals surface area contributed by atoms with Crippen LogP contribution in [0.25, 0.3) is 0 Å². The quantitative estimate of drug-likeness (QED) is 0.752. The summed E-state index contributed by atoms with van der Waals surface area (Å²) in [6.07, 6.45) is 3.46. The molecule has 0 spiro atoms. The number of nitrogens with zero attached hydrogens (tertiary/aromatic N) is 1. The summed E-state index contributed by atoms with van der Waals surface area (Å²) in [6.45, 7) is 0.527. The van der Waals surface area contributed by atoms with E-state index in [2.05, 4.69) is 11.6 Å². The predicted molar refractivity (Wildman–Crippen MR) is 114 cm³/mol. The molecular formula is C21H23ClN2O3S. The fourth-order valence-corrected chi connectivity index (χ4v) is 4.06. The summed E-state index contributed by atoms with van der Waals surface area (Å²) in [6, 6.07) is 12.2. The van der Waals surface area contributed by atoms with Crippen molar-refractivity contribution in [2.24, 2.45) is 0 Å². The van der Waals surface area contributed by atoms with Crippen molar-refractivity contribution in [3.8, 4) is 5.75 Å². The Morgan fingerprint density at radius 2 is 2.00 bits per heavy atom. The van der Waals surface area contributed by atoms with Crippen LogP contribution in [0.2, 0.25) is 5.02 Å². The minimum atomic E-state index is -0.512. The molecule has 1 heterocycles. The van der Waals surface area contributed by atoms with Gasteiger partial charge in [0.1, 0.15) is 11.8 Å². The molecule has 0 saturated carbocycles. The van der Waals surface area contributed by atoms with Crippen molar-refractivity contribution in [2.75, 3.05) is 25.2 Å². The summed E-state index contributed by atoms with van der Waals surface area (Å²) in [4.78, 5) is 27.5. The largest absolute Gasteiger partial charge is 0.496 e. The van der Waals surface area contributed by atoms with Crippen molar-refractivity contribution in [1.82, 2.24) is 4.90 Å². The molecule has 7 heteroatoms. The molecule has 1 aliphatic heterocycles. The fourth-order valence-electron chi connectivity index (χ4n) is 3.36. The van der Waals surface area contributed by atoms with Crippen LogP contribution in [0.3, 0.4) is 0 Å². The van der Waals surface area contributed by atoms with Crippen LogP contribution >= 0.6 is 23.4 Å². The first-order chi connectivity index (χ1) is 13.5. The standard InChI is InChI=1S/C21H23ClN2O3S/c1-27-19-10-7-15(22)12-17(19)21(26)24-11-3-4-18(24)20(25)23-16-8-5-14(6-9-16)13-28-2/h5-10,12,18H,3-4,11,13H2,1-2H3,(H,23,25). The van der Waals surface area contributed by atoms with E-state index in [1.54, 1.807) is 34.9 Å². The van der Waals surface area contributed by atoms with Gasteiger partial charge in [-0.1, -0.05) is 23.7 Å². The van der Waals surface area contributed by atoms with Crippen LogP contribution in [0.4, 0.5) is 5.69 Å². The highest BCUT2D eigenvalue weighted by Crippen LogP contribution is 2.28. The Bertz CT molecular complexity index is 857. The van der Waals surface area contributed by atoms with E-state index in [0.717, 1.165) is 17.9 Å². The summed E-state index contributed by atoms with van der Waals surface area (Å²) >= 11 is 7.81. The number of rotatable bonds is 6. The van der Waals surface area contributed by atoms with Crippen molar-refractivity contribution >= 4 is 40.9 Å². The van der Waals surface area contributed by atoms with E-state index in [4.69, 9.17) is 16.3 Å². The van der Waals surface area contributed by atoms with Gasteiger partial charge in [-0.3, -0.25) is 9.59 Å². The van der Waals surface area contributed by atoms with Gasteiger partial charge in [0.25, 0.3) is 5.91 Å². The number of benzene rings is 2. The van der Waals surface area contributed by atoms with E-state index in [0.29, 0.717) is 29.3 Å². The molecule has 2 aromatic rings. The molecule has 1 saturated heterocycles. The first-order valence-corrected chi connectivity index (χ1v) is 10.8. The number of carbonyl (C=O) groups excluding carboxylic acids is 2. The van der Waals surface area contributed by atoms with Gasteiger partial charge in [-0.15, -0.1) is 0 Å². The smallest absolute Gasteiger partial charge is 0.258 e. The van der Waals surface area contributed by atoms with E-state index in [9.17, 15) is 9.59 Å². The van der Waals surface area contributed by atoms with Gasteiger partial charge in [-0.25, -0.2) is 0 Å². The maximum absolute atomic E-state index is 13.1. The molecule has 0 bridgehead atoms. The first-order valence-electron chi connectivity index (χ1n) is 9.06. The third-order valence-electron chi connectivity index (χ3n) is 4.74. The lowest BCUT2D eigenvalue weighted by atomic mass is 10.1. The van der Waals surface area contributed by atoms with Gasteiger partial charge >= 0.3 is 0 Å². The van der Waals surface area contributed by atoms with Gasteiger partial charge in [-0.2, -0.15) is 11.8 Å². The fraction of sp³-hybridized carbons (Fsp3) is 0.333. The summed E-state index contributed by atoms with van der Waals surface area (Å²) < 4.78 is 5.30. The second-order valence-corrected chi connectivity index (χ2v) is 7.92. The molecule has 2 amide bonds. The summed E-state index contributed by atoms with van der Waals surface area (Å²) in [7, 11) is 1.51. The number of methoxy groups -OCH3 is 1. The van der Waals surface area contributed by atoms with E-state index in [1.807, 2.05) is 24.3 Å². The normalized spacial score (nSPS) is 16.1. The number of halogens is 1. The van der Waals surface area contributed by atoms with Crippen molar-refractivity contribution in [2.45, 2.75) is 24.6 Å². The number of anilines is 1. The highest BCUT2D eigenvalue weighted by atomic mass is 35.5. The van der Waals surface area contributed by atoms with Crippen LogP contribution in [0.15, 0.2) is 42.5 Å². The van der Waals surface area contributed by atoms with Crippen LogP contribution in [0, 0.1) is 0 Å². The maximum atomic E-state index is 13.1. The molecular weight excluding hydrogens is 396 g/mol. The lowest BCUT2D eigenvalue weighted by Crippen LogP contribution is -2.43. The zero-order valence-corrected chi connectivity index (χ0v) is 17.5. The van der Waals surface area contributed by atoms with E-state index >= 15 is 0 Å². The number of likely N-dealkylation sites (tertiary alicyclic amines) is 1. The maximum Gasteiger partial charge on any atom is 0.258 e. The molecule has 0 aromatic heterocycles. The van der Waals surface area contributed by atoms with Gasteiger partial charge in [0.2, 0.25) is 5.91 Å². The zero-order valence-electron chi connectivity index (χ0n) is 15.9. The van der Waals surface area contributed by atoms with E-state index in [1.165, 1.54) is 12.7 Å². The molecule has 2 aromatic carbocycles. The van der Waals surface area contributed by atoms with Crippen LogP contribution in [-0.4, -0.2) is 42.7 Å². The Morgan fingerprint density at radius 1 is 1.25 bits per heavy atom. The SMILES string of the molecule is COc1ccc(Cl)cc1C(=O)N1CCCC1C(=O)Nc1ccc(CSC)cc1. The molecule has 1 aliphatic rings. The molecule has 0 radical (unpaired) electrons. The Labute approximate surface area is 174 Å². The number of ether oxygens (including phenoxy) is 1. The van der Waals surface area contributed by atoms with Crippen LogP contribution in [0.1, 0.15) is 28.8 Å². The van der Waals surface area contributed by atoms with Gasteiger partial charge < -0.3 is 15.0 Å². The van der Waals surface area contributed by atoms with Crippen LogP contribution in [0.5, 0.6) is 5.75 Å². The molecule has 28 heavy (non-hydrogen) atoms. The predicted octanol–water partition coefficient (Wildman–Crippen LogP) is 4.45. The van der Waals surface area contributed by atoms with Gasteiger partial charge in [-0.05, 0) is 55.0 Å². The first kappa shape index (κ1) is 20.6. The van der Waals surface area contributed by atoms with E-state index < -0.39 is 6.04 Å². The van der Waals surface area contributed by atoms with Crippen LogP contribution in [-0.2, 0) is 10.5 Å². The van der Waals surface area contributed by atoms with Crippen molar-refractivity contribution in [1.29, 1.82) is 0 Å². The second kappa shape index (κ2) is 9.34. The average molecular weight is 419 g/mol. The van der Waals surface area contributed by atoms with Crippen molar-refractivity contribution in [3.63, 3.8) is 0 Å². The number of nitrogens with one attached hydrogen (secondary N) is 1. The number of hydrogen-bond acceptors (Lipinski definition) is 4. The number of thioether (sulfide) groups is 1. The van der Waals surface area contributed by atoms with Gasteiger partial charge in [0.05, 0.1) is 12.7 Å². The lowest BCUT2D eigenvalue weighted by molar-refractivity contribution is -0.119. The minimum Gasteiger partial charge on any atom is -0.496 e. The molecule has 0 aliphatic carbocycles. The third-order valence-corrected chi connectivity index (χ3v) is 5.60. The monoisotopic (exact) mass is 418 g/mol. The molecule has 5 nitrogen and oxygen atoms in total. The number of carbonyl (C=O) groups is 2. The molecule has 1 N–H and O–H groups in total. The van der Waals surface area contributed by atoms with Gasteiger partial charge in [0, 0.05) is 23.0 Å². The topological polar surface area (TPSA) is 58.6 Å². The lowest BCUT2D eigenvalue weighted by Gasteiger charge is -2.25. The van der Waals surface area contributed by atoms with Crippen molar-refractivity contribution < 1.29 is 14.3 Å². The number of hydrogen-bond donors (Lipinski definition) is 1. The molecule has 3 rings (SSSR count). The number of amides is 2. The van der Waals surface area contributed by atoms with Gasteiger partial charge in [0.15, 0.2) is 0 Å². The van der Waals surface area contributed by atoms with E-state index in [-0.39, 0.29) is 11.8 Å². The summed E-state index contributed by atoms with van der Waals surface area (Å²) in [5, 5.41) is 3.39. The Kier molecular flexibility index (Phi) is 6.86. The average Bonchev–Trinajstić information content (AvgIpc) is 3.19. The van der Waals surface area contributed by atoms with Crippen LogP contribution < -0.4 is 10.1 Å². The summed E-state index contributed by atoms with van der Waals surface area (Å²) in [5.41, 5.74) is 2.31. The highest BCUT2D eigenvalue weighted by Gasteiger charge is 2.35. The zero-order chi connectivity index (χ0) is 20.1. The summed E-state index contributed by atoms with van der Waals surface area (Å²) in [5.74, 6) is 0.960. The molecule has 1 unspecified atom stereocenters. The Hall–Kier alpha value is -2.18. The highest BCUT2D eigenvalue weighted by molar-refractivity contribution is 7.97. The second-order valence-electron chi connectivity index (χ2n) is 6.62. The Balaban J connectivity index is 1.74. The Morgan fingerprint density at radius 3 is 2.68 bits per heavy atom. The van der Waals surface area contributed by atoms with Crippen molar-refractivity contribution in [3.05, 3.63) is 58.6 Å². The third kappa shape index (κ3) is 4.62. The molecule has 148 valence electrons. The minimum absolute atomic E-state index is 0.176. The molecule has 1 atom stereocenters.